The molecule has 1 atom stereocenters. The lowest BCUT2D eigenvalue weighted by atomic mass is 10.0. The van der Waals surface area contributed by atoms with Gasteiger partial charge in [0.25, 0.3) is 0 Å². The zero-order valence-electron chi connectivity index (χ0n) is 21.4. The maximum atomic E-state index is 13.9. The highest BCUT2D eigenvalue weighted by molar-refractivity contribution is 9.10. The number of hydrogen-bond donors (Lipinski definition) is 1. The molecule has 0 aliphatic rings. The topological polar surface area (TPSA) is 86.8 Å². The highest BCUT2D eigenvalue weighted by Gasteiger charge is 2.32. The summed E-state index contributed by atoms with van der Waals surface area (Å²) in [6, 6.07) is 21.4. The summed E-state index contributed by atoms with van der Waals surface area (Å²) in [5.74, 6) is -0.796. The molecule has 0 saturated heterocycles. The van der Waals surface area contributed by atoms with E-state index in [2.05, 4.69) is 21.2 Å². The van der Waals surface area contributed by atoms with Crippen LogP contribution in [0.5, 0.6) is 0 Å². The molecule has 0 aliphatic heterocycles. The third-order valence-electron chi connectivity index (χ3n) is 6.23. The molecule has 1 N–H and O–H groups in total. The van der Waals surface area contributed by atoms with Crippen molar-refractivity contribution in [3.8, 4) is 0 Å². The molecule has 0 spiro atoms. The van der Waals surface area contributed by atoms with Gasteiger partial charge in [-0.3, -0.25) is 13.9 Å². The summed E-state index contributed by atoms with van der Waals surface area (Å²) >= 11 is 3.43. The summed E-state index contributed by atoms with van der Waals surface area (Å²) < 4.78 is 27.5. The van der Waals surface area contributed by atoms with E-state index in [1.807, 2.05) is 68.4 Å². The van der Waals surface area contributed by atoms with Crippen molar-refractivity contribution in [3.63, 3.8) is 0 Å². The van der Waals surface area contributed by atoms with Crippen molar-refractivity contribution in [2.75, 3.05) is 24.2 Å². The quantitative estimate of drug-likeness (QED) is 0.386. The van der Waals surface area contributed by atoms with E-state index in [1.165, 1.54) is 11.9 Å². The molecule has 9 heteroatoms. The van der Waals surface area contributed by atoms with Crippen LogP contribution in [0.3, 0.4) is 0 Å². The summed E-state index contributed by atoms with van der Waals surface area (Å²) in [4.78, 5) is 28.5. The third-order valence-corrected chi connectivity index (χ3v) is 8.26. The van der Waals surface area contributed by atoms with E-state index < -0.39 is 28.5 Å². The second kappa shape index (κ2) is 12.4. The molecule has 3 aromatic carbocycles. The molecule has 0 heterocycles. The fourth-order valence-corrected chi connectivity index (χ4v) is 5.18. The van der Waals surface area contributed by atoms with E-state index in [9.17, 15) is 18.0 Å². The Morgan fingerprint density at radius 2 is 1.59 bits per heavy atom. The lowest BCUT2D eigenvalue weighted by molar-refractivity contribution is -0.139. The molecule has 0 aliphatic carbocycles. The molecule has 0 aromatic heterocycles. The molecule has 0 unspecified atom stereocenters. The maximum absolute atomic E-state index is 13.9. The van der Waals surface area contributed by atoms with Crippen molar-refractivity contribution in [3.05, 3.63) is 99.5 Å². The summed E-state index contributed by atoms with van der Waals surface area (Å²) in [6.07, 6.45) is 1.36. The number of halogens is 1. The number of sulfonamides is 1. The number of nitrogens with zero attached hydrogens (tertiary/aromatic N) is 2. The Balaban J connectivity index is 2.05. The molecule has 3 aromatic rings. The number of hydrogen-bond acceptors (Lipinski definition) is 4. The fraction of sp³-hybridized carbons (Fsp3) is 0.286. The number of amides is 2. The second-order valence-corrected chi connectivity index (χ2v) is 11.7. The number of carbonyl (C=O) groups is 2. The highest BCUT2D eigenvalue weighted by atomic mass is 79.9. The molecule has 3 rings (SSSR count). The van der Waals surface area contributed by atoms with Crippen LogP contribution in [-0.4, -0.2) is 51.0 Å². The number of benzene rings is 3. The van der Waals surface area contributed by atoms with Gasteiger partial charge >= 0.3 is 0 Å². The minimum Gasteiger partial charge on any atom is -0.357 e. The molecule has 0 radical (unpaired) electrons. The van der Waals surface area contributed by atoms with Crippen molar-refractivity contribution in [1.82, 2.24) is 10.2 Å². The van der Waals surface area contributed by atoms with Gasteiger partial charge in [-0.05, 0) is 54.3 Å². The van der Waals surface area contributed by atoms with Crippen LogP contribution in [-0.2, 0) is 32.6 Å². The number of anilines is 1. The van der Waals surface area contributed by atoms with Crippen LogP contribution < -0.4 is 9.62 Å². The number of aryl methyl sites for hydroxylation is 2. The first kappa shape index (κ1) is 28.4. The summed E-state index contributed by atoms with van der Waals surface area (Å²) in [6.45, 7) is 3.51. The SMILES string of the molecule is CNC(=O)[C@H](Cc1ccccc1)N(Cc1ccccc1C)C(=O)CN(c1ccc(Br)c(C)c1)S(C)(=O)=O. The van der Waals surface area contributed by atoms with Gasteiger partial charge in [0.15, 0.2) is 0 Å². The van der Waals surface area contributed by atoms with Crippen LogP contribution in [0.25, 0.3) is 0 Å². The van der Waals surface area contributed by atoms with Crippen LogP contribution in [0.4, 0.5) is 5.69 Å². The lowest BCUT2D eigenvalue weighted by Gasteiger charge is -2.33. The largest absolute Gasteiger partial charge is 0.357 e. The number of rotatable bonds is 10. The van der Waals surface area contributed by atoms with Crippen molar-refractivity contribution >= 4 is 43.5 Å². The standard InChI is InChI=1S/C28H32BrN3O4S/c1-20-10-8-9-13-23(20)18-31(26(28(34)30-3)17-22-11-6-5-7-12-22)27(33)19-32(37(4,35)36)24-14-15-25(29)21(2)16-24/h5-16,26H,17-19H2,1-4H3,(H,30,34)/t26-/m0/s1. The van der Waals surface area contributed by atoms with E-state index in [0.29, 0.717) is 5.69 Å². The average molecular weight is 587 g/mol. The molecule has 2 amide bonds. The first-order valence-corrected chi connectivity index (χ1v) is 14.5. The number of nitrogens with one attached hydrogen (secondary N) is 1. The smallest absolute Gasteiger partial charge is 0.244 e. The normalized spacial score (nSPS) is 12.0. The molecule has 0 saturated carbocycles. The molecule has 196 valence electrons. The van der Waals surface area contributed by atoms with Gasteiger partial charge in [0.2, 0.25) is 21.8 Å². The van der Waals surface area contributed by atoms with Gasteiger partial charge < -0.3 is 10.2 Å². The van der Waals surface area contributed by atoms with Crippen LogP contribution >= 0.6 is 15.9 Å². The minimum absolute atomic E-state index is 0.160. The van der Waals surface area contributed by atoms with E-state index in [-0.39, 0.29) is 18.9 Å². The Labute approximate surface area is 227 Å². The predicted molar refractivity (Wildman–Crippen MR) is 151 cm³/mol. The van der Waals surface area contributed by atoms with Gasteiger partial charge in [0, 0.05) is 24.5 Å². The first-order valence-electron chi connectivity index (χ1n) is 11.8. The van der Waals surface area contributed by atoms with Crippen molar-refractivity contribution in [2.24, 2.45) is 0 Å². The summed E-state index contributed by atoms with van der Waals surface area (Å²) in [5.41, 5.74) is 3.96. The number of likely N-dealkylation sites (N-methyl/N-ethyl adjacent to an activating group) is 1. The van der Waals surface area contributed by atoms with Gasteiger partial charge in [0.05, 0.1) is 11.9 Å². The molecular formula is C28H32BrN3O4S. The first-order chi connectivity index (χ1) is 17.5. The van der Waals surface area contributed by atoms with E-state index in [4.69, 9.17) is 0 Å². The predicted octanol–water partition coefficient (Wildman–Crippen LogP) is 4.22. The molecular weight excluding hydrogens is 554 g/mol. The van der Waals surface area contributed by atoms with Gasteiger partial charge in [-0.25, -0.2) is 8.42 Å². The number of carbonyl (C=O) groups excluding carboxylic acids is 2. The zero-order chi connectivity index (χ0) is 27.2. The van der Waals surface area contributed by atoms with Crippen LogP contribution in [0, 0.1) is 13.8 Å². The van der Waals surface area contributed by atoms with Crippen molar-refractivity contribution in [1.29, 1.82) is 0 Å². The monoisotopic (exact) mass is 585 g/mol. The van der Waals surface area contributed by atoms with Crippen molar-refractivity contribution in [2.45, 2.75) is 32.9 Å². The highest BCUT2D eigenvalue weighted by Crippen LogP contribution is 2.25. The minimum atomic E-state index is -3.80. The molecule has 0 bridgehead atoms. The van der Waals surface area contributed by atoms with Crippen LogP contribution in [0.2, 0.25) is 0 Å². The Kier molecular flexibility index (Phi) is 9.50. The summed E-state index contributed by atoms with van der Waals surface area (Å²) in [7, 11) is -2.27. The third kappa shape index (κ3) is 7.42. The Morgan fingerprint density at radius 1 is 0.946 bits per heavy atom. The van der Waals surface area contributed by atoms with Crippen LogP contribution in [0.1, 0.15) is 22.3 Å². The van der Waals surface area contributed by atoms with Gasteiger partial charge in [-0.2, -0.15) is 0 Å². The summed E-state index contributed by atoms with van der Waals surface area (Å²) in [5, 5.41) is 2.68. The van der Waals surface area contributed by atoms with Crippen molar-refractivity contribution < 1.29 is 18.0 Å². The Bertz CT molecular complexity index is 1360. The molecule has 37 heavy (non-hydrogen) atoms. The van der Waals surface area contributed by atoms with Crippen LogP contribution in [0.15, 0.2) is 77.3 Å². The second-order valence-electron chi connectivity index (χ2n) is 8.97. The lowest BCUT2D eigenvalue weighted by Crippen LogP contribution is -2.53. The zero-order valence-corrected chi connectivity index (χ0v) is 23.8. The van der Waals surface area contributed by atoms with E-state index >= 15 is 0 Å². The van der Waals surface area contributed by atoms with Gasteiger partial charge in [-0.15, -0.1) is 0 Å². The Hall–Kier alpha value is -3.17. The fourth-order valence-electron chi connectivity index (χ4n) is 4.09. The van der Waals surface area contributed by atoms with E-state index in [0.717, 1.165) is 37.3 Å². The maximum Gasteiger partial charge on any atom is 0.244 e. The van der Waals surface area contributed by atoms with Gasteiger partial charge in [0.1, 0.15) is 12.6 Å². The molecule has 7 nitrogen and oxygen atoms in total. The van der Waals surface area contributed by atoms with Gasteiger partial charge in [-0.1, -0.05) is 70.5 Å². The average Bonchev–Trinajstić information content (AvgIpc) is 2.86. The van der Waals surface area contributed by atoms with E-state index in [1.54, 1.807) is 18.2 Å². The molecule has 0 fully saturated rings. The Morgan fingerprint density at radius 3 is 2.19 bits per heavy atom.